The molecule has 1 radical (unpaired) electrons. The Labute approximate surface area is 84.1 Å². The van der Waals surface area contributed by atoms with Gasteiger partial charge < -0.3 is 4.90 Å². The summed E-state index contributed by atoms with van der Waals surface area (Å²) in [5, 5.41) is 0. The van der Waals surface area contributed by atoms with Gasteiger partial charge in [-0.1, -0.05) is 26.0 Å². The lowest BCUT2D eigenvalue weighted by atomic mass is 9.60. The van der Waals surface area contributed by atoms with Crippen molar-refractivity contribution in [3.05, 3.63) is 0 Å². The molecule has 1 heterocycles. The highest BCUT2D eigenvalue weighted by atomic mass is 15.2. The first-order valence-corrected chi connectivity index (χ1v) is 5.67. The highest BCUT2D eigenvalue weighted by Crippen LogP contribution is 2.22. The molecule has 1 aliphatic rings. The molecular weight excluding hydrogens is 157 g/mol. The van der Waals surface area contributed by atoms with Crippen molar-refractivity contribution < 1.29 is 0 Å². The van der Waals surface area contributed by atoms with Gasteiger partial charge in [0.05, 0.1) is 0 Å². The van der Waals surface area contributed by atoms with Crippen molar-refractivity contribution in [2.24, 2.45) is 5.92 Å². The molecule has 1 saturated heterocycles. The van der Waals surface area contributed by atoms with Gasteiger partial charge in [0.2, 0.25) is 0 Å². The van der Waals surface area contributed by atoms with E-state index in [1.54, 1.807) is 0 Å². The quantitative estimate of drug-likeness (QED) is 0.601. The second-order valence-corrected chi connectivity index (χ2v) is 4.96. The summed E-state index contributed by atoms with van der Waals surface area (Å²) in [5.41, 5.74) is 0. The van der Waals surface area contributed by atoms with E-state index >= 15 is 0 Å². The summed E-state index contributed by atoms with van der Waals surface area (Å²) in [5.74, 6) is 1.69. The van der Waals surface area contributed by atoms with Crippen LogP contribution in [0.25, 0.3) is 0 Å². The summed E-state index contributed by atoms with van der Waals surface area (Å²) in [6, 6.07) is 0.740. The third-order valence-electron chi connectivity index (χ3n) is 2.99. The molecule has 0 bridgehead atoms. The number of nitrogens with zero attached hydrogens (tertiary/aromatic N) is 1. The molecule has 1 fully saturated rings. The molecule has 1 nitrogen and oxygen atoms in total. The Hall–Kier alpha value is 0.0249. The molecule has 1 aliphatic heterocycles. The van der Waals surface area contributed by atoms with Crippen molar-refractivity contribution in [1.29, 1.82) is 0 Å². The Bertz CT molecular complexity index is 145. The van der Waals surface area contributed by atoms with Crippen LogP contribution in [0.5, 0.6) is 0 Å². The van der Waals surface area contributed by atoms with Gasteiger partial charge in [-0.25, -0.2) is 0 Å². The van der Waals surface area contributed by atoms with Gasteiger partial charge in [0, 0.05) is 12.6 Å². The van der Waals surface area contributed by atoms with E-state index < -0.39 is 0 Å². The van der Waals surface area contributed by atoms with Gasteiger partial charge >= 0.3 is 0 Å². The van der Waals surface area contributed by atoms with Gasteiger partial charge in [-0.05, 0) is 32.7 Å². The molecule has 1 atom stereocenters. The number of rotatable bonds is 4. The van der Waals surface area contributed by atoms with E-state index in [0.717, 1.165) is 17.8 Å². The highest BCUT2D eigenvalue weighted by molar-refractivity contribution is 6.37. The molecule has 0 spiro atoms. The molecule has 0 amide bonds. The van der Waals surface area contributed by atoms with Crippen LogP contribution in [-0.2, 0) is 0 Å². The molecule has 13 heavy (non-hydrogen) atoms. The molecule has 0 N–H and O–H groups in total. The first-order valence-electron chi connectivity index (χ1n) is 5.67. The maximum Gasteiger partial charge on any atom is 0.113 e. The van der Waals surface area contributed by atoms with Gasteiger partial charge in [0.25, 0.3) is 0 Å². The molecule has 1 unspecified atom stereocenters. The zero-order chi connectivity index (χ0) is 9.84. The van der Waals surface area contributed by atoms with Crippen molar-refractivity contribution >= 4 is 7.28 Å². The van der Waals surface area contributed by atoms with Crippen LogP contribution in [-0.4, -0.2) is 31.3 Å². The van der Waals surface area contributed by atoms with E-state index in [2.05, 4.69) is 39.9 Å². The van der Waals surface area contributed by atoms with Crippen LogP contribution in [0.15, 0.2) is 0 Å². The van der Waals surface area contributed by atoms with Crippen LogP contribution >= 0.6 is 0 Å². The van der Waals surface area contributed by atoms with E-state index in [1.165, 1.54) is 25.8 Å². The van der Waals surface area contributed by atoms with Crippen molar-refractivity contribution in [3.63, 3.8) is 0 Å². The predicted octanol–water partition coefficient (Wildman–Crippen LogP) is 2.67. The first kappa shape index (κ1) is 11.1. The minimum absolute atomic E-state index is 0.740. The molecule has 0 saturated carbocycles. The number of hydrogen-bond donors (Lipinski definition) is 0. The predicted molar refractivity (Wildman–Crippen MR) is 60.5 cm³/mol. The summed E-state index contributed by atoms with van der Waals surface area (Å²) in [6.45, 7) is 11.8. The van der Waals surface area contributed by atoms with Crippen LogP contribution in [0.3, 0.4) is 0 Å². The minimum Gasteiger partial charge on any atom is -0.301 e. The molecule has 2 heteroatoms. The zero-order valence-corrected chi connectivity index (χ0v) is 9.59. The average Bonchev–Trinajstić information content (AvgIpc) is 2.48. The molecule has 0 aromatic carbocycles. The SMILES string of the molecule is CC(C)[B]CC1CCN(C(C)C)C1. The summed E-state index contributed by atoms with van der Waals surface area (Å²) in [6.07, 6.45) is 2.72. The average molecular weight is 180 g/mol. The van der Waals surface area contributed by atoms with Crippen molar-refractivity contribution in [2.75, 3.05) is 13.1 Å². The van der Waals surface area contributed by atoms with Crippen LogP contribution in [0.1, 0.15) is 34.1 Å². The van der Waals surface area contributed by atoms with Crippen LogP contribution in [0, 0.1) is 5.92 Å². The molecule has 0 aromatic rings. The third kappa shape index (κ3) is 3.72. The molecule has 0 aliphatic carbocycles. The van der Waals surface area contributed by atoms with Gasteiger partial charge in [0.15, 0.2) is 0 Å². The molecule has 0 aromatic heterocycles. The smallest absolute Gasteiger partial charge is 0.113 e. The van der Waals surface area contributed by atoms with Crippen LogP contribution in [0.4, 0.5) is 0 Å². The fourth-order valence-corrected chi connectivity index (χ4v) is 1.99. The number of hydrogen-bond acceptors (Lipinski definition) is 1. The Kier molecular flexibility index (Phi) is 4.31. The van der Waals surface area contributed by atoms with E-state index in [4.69, 9.17) is 0 Å². The van der Waals surface area contributed by atoms with Gasteiger partial charge in [0.1, 0.15) is 7.28 Å². The lowest BCUT2D eigenvalue weighted by Crippen LogP contribution is -2.28. The third-order valence-corrected chi connectivity index (χ3v) is 2.99. The molecular formula is C11H23BN. The normalized spacial score (nSPS) is 24.6. The Balaban J connectivity index is 2.17. The summed E-state index contributed by atoms with van der Waals surface area (Å²) < 4.78 is 0. The van der Waals surface area contributed by atoms with E-state index in [-0.39, 0.29) is 0 Å². The summed E-state index contributed by atoms with van der Waals surface area (Å²) in [7, 11) is 2.47. The molecule has 1 rings (SSSR count). The summed E-state index contributed by atoms with van der Waals surface area (Å²) in [4.78, 5) is 2.60. The first-order chi connectivity index (χ1) is 6.09. The monoisotopic (exact) mass is 180 g/mol. The highest BCUT2D eigenvalue weighted by Gasteiger charge is 2.23. The largest absolute Gasteiger partial charge is 0.301 e. The second-order valence-electron chi connectivity index (χ2n) is 4.96. The zero-order valence-electron chi connectivity index (χ0n) is 9.59. The lowest BCUT2D eigenvalue weighted by Gasteiger charge is -2.20. The van der Waals surface area contributed by atoms with Crippen molar-refractivity contribution in [1.82, 2.24) is 4.90 Å². The van der Waals surface area contributed by atoms with E-state index in [9.17, 15) is 0 Å². The minimum atomic E-state index is 0.740. The summed E-state index contributed by atoms with van der Waals surface area (Å²) >= 11 is 0. The Morgan fingerprint density at radius 3 is 2.46 bits per heavy atom. The Morgan fingerprint density at radius 2 is 2.00 bits per heavy atom. The maximum absolute atomic E-state index is 2.60. The van der Waals surface area contributed by atoms with E-state index in [0.29, 0.717) is 0 Å². The molecule has 75 valence electrons. The fraction of sp³-hybridized carbons (Fsp3) is 1.00. The van der Waals surface area contributed by atoms with E-state index in [1.807, 2.05) is 0 Å². The van der Waals surface area contributed by atoms with Gasteiger partial charge in [-0.2, -0.15) is 0 Å². The fourth-order valence-electron chi connectivity index (χ4n) is 1.99. The van der Waals surface area contributed by atoms with Crippen LogP contribution in [0.2, 0.25) is 12.1 Å². The standard InChI is InChI=1S/C11H23BN/c1-9(2)12-7-11-5-6-13(8-11)10(3)4/h9-11H,5-8H2,1-4H3. The van der Waals surface area contributed by atoms with Crippen molar-refractivity contribution in [2.45, 2.75) is 52.3 Å². The topological polar surface area (TPSA) is 3.24 Å². The van der Waals surface area contributed by atoms with Gasteiger partial charge in [-0.3, -0.25) is 0 Å². The number of likely N-dealkylation sites (tertiary alicyclic amines) is 1. The lowest BCUT2D eigenvalue weighted by molar-refractivity contribution is 0.267. The maximum atomic E-state index is 2.60. The van der Waals surface area contributed by atoms with Crippen LogP contribution < -0.4 is 0 Å². The second kappa shape index (κ2) is 5.04. The van der Waals surface area contributed by atoms with Gasteiger partial charge in [-0.15, -0.1) is 0 Å². The van der Waals surface area contributed by atoms with Crippen molar-refractivity contribution in [3.8, 4) is 0 Å². The Morgan fingerprint density at radius 1 is 1.31 bits per heavy atom.